The molecule has 5 nitrogen and oxygen atoms in total. The fraction of sp³-hybridized carbons (Fsp3) is 0.556. The van der Waals surface area contributed by atoms with E-state index in [4.69, 9.17) is 4.74 Å². The minimum absolute atomic E-state index is 0.0529. The van der Waals surface area contributed by atoms with Crippen LogP contribution in [0.3, 0.4) is 0 Å². The number of ether oxygens (including phenoxy) is 1. The van der Waals surface area contributed by atoms with Gasteiger partial charge in [-0.05, 0) is 17.4 Å². The van der Waals surface area contributed by atoms with Gasteiger partial charge in [0, 0.05) is 6.92 Å². The van der Waals surface area contributed by atoms with Crippen molar-refractivity contribution < 1.29 is 14.3 Å². The van der Waals surface area contributed by atoms with Gasteiger partial charge >= 0.3 is 0 Å². The van der Waals surface area contributed by atoms with E-state index in [1.165, 1.54) is 6.92 Å². The predicted octanol–water partition coefficient (Wildman–Crippen LogP) is 1.66. The van der Waals surface area contributed by atoms with Crippen LogP contribution in [-0.4, -0.2) is 36.6 Å². The first-order chi connectivity index (χ1) is 10.8. The molecule has 2 amide bonds. The third-order valence-electron chi connectivity index (χ3n) is 3.91. The summed E-state index contributed by atoms with van der Waals surface area (Å²) in [6, 6.07) is 9.36. The Kier molecular flexibility index (Phi) is 5.42. The Morgan fingerprint density at radius 1 is 1.22 bits per heavy atom. The molecule has 126 valence electrons. The SMILES string of the molecule is CC(=O)NC(C(=O)NC(Cc1ccccc1)C1CO1)C(C)(C)C. The van der Waals surface area contributed by atoms with Gasteiger partial charge in [0.2, 0.25) is 11.8 Å². The zero-order valence-electron chi connectivity index (χ0n) is 14.3. The fourth-order valence-electron chi connectivity index (χ4n) is 2.58. The lowest BCUT2D eigenvalue weighted by Gasteiger charge is -2.31. The number of benzene rings is 1. The lowest BCUT2D eigenvalue weighted by Crippen LogP contribution is -2.56. The highest BCUT2D eigenvalue weighted by Crippen LogP contribution is 2.22. The van der Waals surface area contributed by atoms with E-state index in [1.54, 1.807) is 0 Å². The molecule has 1 heterocycles. The van der Waals surface area contributed by atoms with Crippen molar-refractivity contribution in [1.82, 2.24) is 10.6 Å². The molecule has 1 fully saturated rings. The molecule has 1 aliphatic heterocycles. The molecule has 0 aromatic heterocycles. The Hall–Kier alpha value is -1.88. The molecule has 0 bridgehead atoms. The van der Waals surface area contributed by atoms with Gasteiger partial charge in [-0.3, -0.25) is 9.59 Å². The molecule has 2 rings (SSSR count). The first kappa shape index (κ1) is 17.5. The minimum atomic E-state index is -0.572. The topological polar surface area (TPSA) is 70.7 Å². The Labute approximate surface area is 137 Å². The second-order valence-corrected chi connectivity index (χ2v) is 7.18. The van der Waals surface area contributed by atoms with Gasteiger partial charge in [0.05, 0.1) is 12.6 Å². The molecule has 0 aliphatic carbocycles. The van der Waals surface area contributed by atoms with Crippen LogP contribution in [0, 0.1) is 5.41 Å². The molecule has 1 aromatic rings. The molecular weight excluding hydrogens is 292 g/mol. The number of rotatable bonds is 6. The molecule has 1 aromatic carbocycles. The van der Waals surface area contributed by atoms with Gasteiger partial charge in [0.1, 0.15) is 12.1 Å². The van der Waals surface area contributed by atoms with Crippen LogP contribution in [0.1, 0.15) is 33.3 Å². The number of carbonyl (C=O) groups is 2. The molecule has 3 unspecified atom stereocenters. The second kappa shape index (κ2) is 7.13. The Morgan fingerprint density at radius 2 is 1.83 bits per heavy atom. The first-order valence-corrected chi connectivity index (χ1v) is 8.00. The van der Waals surface area contributed by atoms with Crippen LogP contribution in [0.4, 0.5) is 0 Å². The van der Waals surface area contributed by atoms with Crippen LogP contribution in [0.2, 0.25) is 0 Å². The van der Waals surface area contributed by atoms with E-state index >= 15 is 0 Å². The molecule has 2 N–H and O–H groups in total. The molecular formula is C18H26N2O3. The average molecular weight is 318 g/mol. The van der Waals surface area contributed by atoms with Crippen LogP contribution in [-0.2, 0) is 20.7 Å². The van der Waals surface area contributed by atoms with Gasteiger partial charge in [-0.25, -0.2) is 0 Å². The maximum atomic E-state index is 12.7. The molecule has 0 radical (unpaired) electrons. The second-order valence-electron chi connectivity index (χ2n) is 7.18. The normalized spacial score (nSPS) is 19.6. The van der Waals surface area contributed by atoms with Crippen LogP contribution in [0.25, 0.3) is 0 Å². The first-order valence-electron chi connectivity index (χ1n) is 8.00. The number of hydrogen-bond acceptors (Lipinski definition) is 3. The Morgan fingerprint density at radius 3 is 2.30 bits per heavy atom. The lowest BCUT2D eigenvalue weighted by molar-refractivity contribution is -0.131. The summed E-state index contributed by atoms with van der Waals surface area (Å²) in [5, 5.41) is 5.82. The molecule has 1 saturated heterocycles. The van der Waals surface area contributed by atoms with Crippen molar-refractivity contribution in [3.63, 3.8) is 0 Å². The van der Waals surface area contributed by atoms with Gasteiger partial charge in [-0.1, -0.05) is 51.1 Å². The summed E-state index contributed by atoms with van der Waals surface area (Å²) in [7, 11) is 0. The van der Waals surface area contributed by atoms with Gasteiger partial charge in [0.15, 0.2) is 0 Å². The van der Waals surface area contributed by atoms with E-state index in [1.807, 2.05) is 51.1 Å². The Bertz CT molecular complexity index is 547. The summed E-state index contributed by atoms with van der Waals surface area (Å²) in [6.45, 7) is 7.91. The minimum Gasteiger partial charge on any atom is -0.371 e. The highest BCUT2D eigenvalue weighted by atomic mass is 16.6. The highest BCUT2D eigenvalue weighted by molar-refractivity contribution is 5.87. The van der Waals surface area contributed by atoms with Crippen molar-refractivity contribution in [1.29, 1.82) is 0 Å². The summed E-state index contributed by atoms with van der Waals surface area (Å²) < 4.78 is 5.39. The standard InChI is InChI=1S/C18H26N2O3/c1-12(21)19-16(18(2,3)4)17(22)20-14(15-11-23-15)10-13-8-6-5-7-9-13/h5-9,14-16H,10-11H2,1-4H3,(H,19,21)(H,20,22). The molecule has 0 saturated carbocycles. The van der Waals surface area contributed by atoms with Crippen molar-refractivity contribution in [2.75, 3.05) is 6.61 Å². The van der Waals surface area contributed by atoms with Crippen molar-refractivity contribution in [2.45, 2.75) is 52.3 Å². The van der Waals surface area contributed by atoms with Gasteiger partial charge in [0.25, 0.3) is 0 Å². The highest BCUT2D eigenvalue weighted by Gasteiger charge is 2.38. The van der Waals surface area contributed by atoms with Crippen molar-refractivity contribution >= 4 is 11.8 Å². The third kappa shape index (κ3) is 5.36. The van der Waals surface area contributed by atoms with Crippen molar-refractivity contribution in [2.24, 2.45) is 5.41 Å². The summed E-state index contributed by atoms with van der Waals surface area (Å²) >= 11 is 0. The predicted molar refractivity (Wildman–Crippen MR) is 88.9 cm³/mol. The average Bonchev–Trinajstić information content (AvgIpc) is 3.28. The van der Waals surface area contributed by atoms with E-state index in [2.05, 4.69) is 10.6 Å². The molecule has 1 aliphatic rings. The van der Waals surface area contributed by atoms with Crippen molar-refractivity contribution in [3.8, 4) is 0 Å². The number of hydrogen-bond donors (Lipinski definition) is 2. The van der Waals surface area contributed by atoms with Crippen LogP contribution >= 0.6 is 0 Å². The summed E-state index contributed by atoms with van der Waals surface area (Å²) in [5.41, 5.74) is 0.789. The number of amides is 2. The molecule has 5 heteroatoms. The van der Waals surface area contributed by atoms with E-state index in [0.29, 0.717) is 13.0 Å². The summed E-state index contributed by atoms with van der Waals surface area (Å²) in [6.07, 6.45) is 0.769. The number of epoxide rings is 1. The smallest absolute Gasteiger partial charge is 0.243 e. The van der Waals surface area contributed by atoms with Gasteiger partial charge in [-0.15, -0.1) is 0 Å². The van der Waals surface area contributed by atoms with E-state index in [9.17, 15) is 9.59 Å². The van der Waals surface area contributed by atoms with Gasteiger partial charge in [-0.2, -0.15) is 0 Å². The van der Waals surface area contributed by atoms with Crippen LogP contribution < -0.4 is 10.6 Å². The fourth-order valence-corrected chi connectivity index (χ4v) is 2.58. The molecule has 3 atom stereocenters. The van der Waals surface area contributed by atoms with E-state index in [0.717, 1.165) is 5.56 Å². The zero-order chi connectivity index (χ0) is 17.0. The Balaban J connectivity index is 2.06. The summed E-state index contributed by atoms with van der Waals surface area (Å²) in [4.78, 5) is 24.1. The molecule has 0 spiro atoms. The monoisotopic (exact) mass is 318 g/mol. The van der Waals surface area contributed by atoms with E-state index < -0.39 is 6.04 Å². The maximum Gasteiger partial charge on any atom is 0.243 e. The maximum absolute atomic E-state index is 12.7. The summed E-state index contributed by atoms with van der Waals surface area (Å²) in [5.74, 6) is -0.369. The van der Waals surface area contributed by atoms with E-state index in [-0.39, 0.29) is 29.4 Å². The number of carbonyl (C=O) groups excluding carboxylic acids is 2. The quantitative estimate of drug-likeness (QED) is 0.784. The lowest BCUT2D eigenvalue weighted by atomic mass is 9.85. The third-order valence-corrected chi connectivity index (χ3v) is 3.91. The zero-order valence-corrected chi connectivity index (χ0v) is 14.3. The van der Waals surface area contributed by atoms with Gasteiger partial charge < -0.3 is 15.4 Å². The largest absolute Gasteiger partial charge is 0.371 e. The molecule has 23 heavy (non-hydrogen) atoms. The van der Waals surface area contributed by atoms with Crippen LogP contribution in [0.5, 0.6) is 0 Å². The van der Waals surface area contributed by atoms with Crippen LogP contribution in [0.15, 0.2) is 30.3 Å². The number of nitrogens with one attached hydrogen (secondary N) is 2. The van der Waals surface area contributed by atoms with Crippen molar-refractivity contribution in [3.05, 3.63) is 35.9 Å².